The first-order chi connectivity index (χ1) is 8.22. The fraction of sp³-hybridized carbons (Fsp3) is 0.714. The second kappa shape index (κ2) is 6.52. The molecule has 0 aromatic carbocycles. The number of alkyl halides is 7. The summed E-state index contributed by atoms with van der Waals surface area (Å²) in [7, 11) is -6.78. The summed E-state index contributed by atoms with van der Waals surface area (Å²) < 4.78 is 111. The van der Waals surface area contributed by atoms with Gasteiger partial charge >= 0.3 is 27.2 Å². The third-order valence-electron chi connectivity index (χ3n) is 1.48. The highest BCUT2D eigenvalue weighted by Gasteiger charge is 2.77. The topological polar surface area (TPSA) is 80.4 Å². The second-order valence-electron chi connectivity index (χ2n) is 2.93. The van der Waals surface area contributed by atoms with Gasteiger partial charge in [0, 0.05) is 6.54 Å². The van der Waals surface area contributed by atoms with Crippen LogP contribution in [0.1, 0.15) is 0 Å². The third kappa shape index (κ3) is 4.31. The highest BCUT2D eigenvalue weighted by molar-refractivity contribution is 7.87. The van der Waals surface area contributed by atoms with E-state index in [-0.39, 0.29) is 0 Å². The van der Waals surface area contributed by atoms with Gasteiger partial charge in [0.2, 0.25) is 0 Å². The normalized spacial score (nSPS) is 13.5. The fourth-order valence-corrected chi connectivity index (χ4v) is 0.932. The van der Waals surface area contributed by atoms with Gasteiger partial charge in [-0.1, -0.05) is 6.08 Å². The predicted molar refractivity (Wildman–Crippen MR) is 51.6 cm³/mol. The van der Waals surface area contributed by atoms with Gasteiger partial charge in [0.25, 0.3) is 0 Å². The minimum absolute atomic E-state index is 0.583. The van der Waals surface area contributed by atoms with E-state index in [4.69, 9.17) is 10.3 Å². The van der Waals surface area contributed by atoms with Gasteiger partial charge in [0.1, 0.15) is 0 Å². The summed E-state index contributed by atoms with van der Waals surface area (Å²) in [5.41, 5.74) is 4.91. The standard InChI is InChI=1S/C4H3F7O3S.C3H7N/c5-1-2(6,7)3(8,9)4(10,11)15(12,13)14;1-2-3-4/h1H2,(H,12,13,14);2H,1,3-4H2. The molecule has 0 bridgehead atoms. The van der Waals surface area contributed by atoms with E-state index in [0.717, 1.165) is 0 Å². The first-order valence-electron chi connectivity index (χ1n) is 4.20. The lowest BCUT2D eigenvalue weighted by Crippen LogP contribution is -2.58. The lowest BCUT2D eigenvalue weighted by Gasteiger charge is -2.28. The van der Waals surface area contributed by atoms with Crippen molar-refractivity contribution in [3.63, 3.8) is 0 Å². The van der Waals surface area contributed by atoms with Gasteiger partial charge in [-0.3, -0.25) is 4.55 Å². The molecule has 4 nitrogen and oxygen atoms in total. The molecule has 0 aromatic heterocycles. The molecule has 0 fully saturated rings. The van der Waals surface area contributed by atoms with E-state index in [2.05, 4.69) is 6.58 Å². The molecule has 0 spiro atoms. The van der Waals surface area contributed by atoms with E-state index < -0.39 is 33.9 Å². The molecular weight excluding hydrogens is 311 g/mol. The van der Waals surface area contributed by atoms with Crippen LogP contribution in [0.25, 0.3) is 0 Å². The zero-order valence-electron chi connectivity index (χ0n) is 9.09. The van der Waals surface area contributed by atoms with E-state index >= 15 is 0 Å². The quantitative estimate of drug-likeness (QED) is 0.460. The van der Waals surface area contributed by atoms with E-state index in [1.54, 1.807) is 6.08 Å². The number of nitrogens with two attached hydrogens (primary N) is 1. The Bertz CT molecular complexity index is 395. The molecule has 0 aliphatic heterocycles. The molecule has 12 heteroatoms. The number of rotatable bonds is 5. The molecule has 0 heterocycles. The van der Waals surface area contributed by atoms with Crippen molar-refractivity contribution in [2.75, 3.05) is 13.2 Å². The fourth-order valence-electron chi connectivity index (χ4n) is 0.459. The molecule has 0 atom stereocenters. The average molecular weight is 321 g/mol. The van der Waals surface area contributed by atoms with Crippen LogP contribution in [0.3, 0.4) is 0 Å². The van der Waals surface area contributed by atoms with Crippen molar-refractivity contribution in [2.24, 2.45) is 5.73 Å². The molecule has 0 aliphatic rings. The van der Waals surface area contributed by atoms with Gasteiger partial charge in [-0.2, -0.15) is 34.8 Å². The smallest absolute Gasteiger partial charge is 0.327 e. The average Bonchev–Trinajstić information content (AvgIpc) is 2.27. The molecule has 0 radical (unpaired) electrons. The summed E-state index contributed by atoms with van der Waals surface area (Å²) in [4.78, 5) is 0. The Labute approximate surface area is 103 Å². The van der Waals surface area contributed by atoms with E-state index in [1.165, 1.54) is 0 Å². The zero-order chi connectivity index (χ0) is 16.1. The van der Waals surface area contributed by atoms with Crippen LogP contribution in [-0.2, 0) is 10.1 Å². The van der Waals surface area contributed by atoms with Crippen LogP contribution in [0.2, 0.25) is 0 Å². The van der Waals surface area contributed by atoms with Crippen LogP contribution in [0.15, 0.2) is 12.7 Å². The number of hydrogen-bond donors (Lipinski definition) is 2. The van der Waals surface area contributed by atoms with Gasteiger partial charge in [-0.15, -0.1) is 6.58 Å². The lowest BCUT2D eigenvalue weighted by molar-refractivity contribution is -0.284. The summed E-state index contributed by atoms with van der Waals surface area (Å²) in [6.07, 6.45) is 1.65. The highest BCUT2D eigenvalue weighted by Crippen LogP contribution is 2.48. The van der Waals surface area contributed by atoms with Crippen molar-refractivity contribution in [1.82, 2.24) is 0 Å². The summed E-state index contributed by atoms with van der Waals surface area (Å²) in [6.45, 7) is 0.734. The van der Waals surface area contributed by atoms with Gasteiger partial charge < -0.3 is 5.73 Å². The Hall–Kier alpha value is -0.880. The van der Waals surface area contributed by atoms with Gasteiger partial charge in [0.05, 0.1) is 0 Å². The van der Waals surface area contributed by atoms with Gasteiger partial charge in [-0.05, 0) is 0 Å². The summed E-state index contributed by atoms with van der Waals surface area (Å²) in [5.74, 6) is -12.5. The molecule has 19 heavy (non-hydrogen) atoms. The predicted octanol–water partition coefficient (Wildman–Crippen LogP) is 1.84. The molecule has 0 aliphatic carbocycles. The summed E-state index contributed by atoms with van der Waals surface area (Å²) in [6, 6.07) is 0. The van der Waals surface area contributed by atoms with Crippen LogP contribution in [-0.4, -0.2) is 43.3 Å². The maximum absolute atomic E-state index is 12.2. The van der Waals surface area contributed by atoms with Crippen molar-refractivity contribution in [2.45, 2.75) is 17.1 Å². The lowest BCUT2D eigenvalue weighted by atomic mass is 10.2. The van der Waals surface area contributed by atoms with Crippen molar-refractivity contribution < 1.29 is 43.7 Å². The van der Waals surface area contributed by atoms with Crippen LogP contribution in [0, 0.1) is 0 Å². The summed E-state index contributed by atoms with van der Waals surface area (Å²) >= 11 is 0. The minimum atomic E-state index is -6.78. The Morgan fingerprint density at radius 3 is 1.63 bits per heavy atom. The van der Waals surface area contributed by atoms with Gasteiger partial charge in [0.15, 0.2) is 6.67 Å². The minimum Gasteiger partial charge on any atom is -0.327 e. The molecule has 0 amide bonds. The molecule has 3 N–H and O–H groups in total. The molecule has 0 rings (SSSR count). The Balaban J connectivity index is 0. The molecule has 0 unspecified atom stereocenters. The first kappa shape index (κ1) is 20.4. The van der Waals surface area contributed by atoms with Crippen LogP contribution in [0.4, 0.5) is 30.7 Å². The highest BCUT2D eigenvalue weighted by atomic mass is 32.2. The largest absolute Gasteiger partial charge is 0.438 e. The van der Waals surface area contributed by atoms with E-state index in [1.807, 2.05) is 0 Å². The van der Waals surface area contributed by atoms with Crippen LogP contribution >= 0.6 is 0 Å². The van der Waals surface area contributed by atoms with E-state index in [0.29, 0.717) is 6.54 Å². The van der Waals surface area contributed by atoms with E-state index in [9.17, 15) is 39.2 Å². The molecule has 0 saturated carbocycles. The molecular formula is C7H10F7NO3S. The number of halogens is 7. The maximum atomic E-state index is 12.2. The van der Waals surface area contributed by atoms with Crippen molar-refractivity contribution in [3.8, 4) is 0 Å². The van der Waals surface area contributed by atoms with Crippen LogP contribution in [0.5, 0.6) is 0 Å². The summed E-state index contributed by atoms with van der Waals surface area (Å²) in [5, 5.41) is -6.48. The molecule has 0 saturated heterocycles. The SMILES string of the molecule is C=CCN.O=S(=O)(O)C(F)(F)C(F)(F)C(F)(F)CF. The van der Waals surface area contributed by atoms with Crippen molar-refractivity contribution in [1.29, 1.82) is 0 Å². The Kier molecular flexibility index (Phi) is 7.01. The number of hydrogen-bond acceptors (Lipinski definition) is 3. The first-order valence-corrected chi connectivity index (χ1v) is 5.64. The van der Waals surface area contributed by atoms with Gasteiger partial charge in [-0.25, -0.2) is 4.39 Å². The van der Waals surface area contributed by atoms with Crippen molar-refractivity contribution in [3.05, 3.63) is 12.7 Å². The molecule has 116 valence electrons. The maximum Gasteiger partial charge on any atom is 0.438 e. The zero-order valence-corrected chi connectivity index (χ0v) is 9.91. The Morgan fingerprint density at radius 2 is 1.47 bits per heavy atom. The van der Waals surface area contributed by atoms with Crippen molar-refractivity contribution >= 4 is 10.1 Å². The monoisotopic (exact) mass is 321 g/mol. The van der Waals surface area contributed by atoms with Crippen LogP contribution < -0.4 is 5.73 Å². The molecule has 0 aromatic rings. The Morgan fingerprint density at radius 1 is 1.16 bits per heavy atom. The second-order valence-corrected chi connectivity index (χ2v) is 4.39. The third-order valence-corrected chi connectivity index (χ3v) is 2.39.